The third kappa shape index (κ3) is 5.51. The molecule has 0 saturated carbocycles. The Labute approximate surface area is 166 Å². The summed E-state index contributed by atoms with van der Waals surface area (Å²) in [6.07, 6.45) is 0. The maximum Gasteiger partial charge on any atom is 0.338 e. The first-order valence-corrected chi connectivity index (χ1v) is 8.32. The highest BCUT2D eigenvalue weighted by molar-refractivity contribution is 6.01. The van der Waals surface area contributed by atoms with E-state index in [2.05, 4.69) is 10.1 Å². The second-order valence-electron chi connectivity index (χ2n) is 5.96. The molecule has 0 aromatic heterocycles. The van der Waals surface area contributed by atoms with Crippen molar-refractivity contribution in [1.82, 2.24) is 4.90 Å². The molecule has 0 aliphatic rings. The van der Waals surface area contributed by atoms with Gasteiger partial charge in [-0.2, -0.15) is 0 Å². The van der Waals surface area contributed by atoms with Crippen LogP contribution in [-0.4, -0.2) is 55.4 Å². The van der Waals surface area contributed by atoms with Crippen LogP contribution in [0.25, 0.3) is 0 Å². The van der Waals surface area contributed by atoms with E-state index < -0.39 is 28.4 Å². The normalized spacial score (nSPS) is 10.0. The molecule has 0 heterocycles. The van der Waals surface area contributed by atoms with E-state index in [0.29, 0.717) is 11.4 Å². The number of benzene rings is 2. The lowest BCUT2D eigenvalue weighted by Gasteiger charge is -2.17. The molecule has 2 rings (SSSR count). The molecule has 29 heavy (non-hydrogen) atoms. The molecule has 0 fully saturated rings. The van der Waals surface area contributed by atoms with Crippen LogP contribution < -0.4 is 10.1 Å². The second-order valence-corrected chi connectivity index (χ2v) is 5.96. The summed E-state index contributed by atoms with van der Waals surface area (Å²) in [5, 5.41) is 13.7. The fourth-order valence-corrected chi connectivity index (χ4v) is 2.46. The smallest absolute Gasteiger partial charge is 0.338 e. The third-order valence-corrected chi connectivity index (χ3v) is 3.90. The van der Waals surface area contributed by atoms with Crippen molar-refractivity contribution in [2.24, 2.45) is 0 Å². The van der Waals surface area contributed by atoms with Gasteiger partial charge in [0.25, 0.3) is 11.6 Å². The molecule has 0 saturated heterocycles. The Bertz CT molecular complexity index is 941. The number of hydrogen-bond donors (Lipinski definition) is 1. The number of nitro benzene ring substituents is 1. The molecule has 0 radical (unpaired) electrons. The van der Waals surface area contributed by atoms with E-state index in [9.17, 15) is 24.5 Å². The summed E-state index contributed by atoms with van der Waals surface area (Å²) < 4.78 is 9.59. The van der Waals surface area contributed by atoms with Gasteiger partial charge in [0.2, 0.25) is 5.91 Å². The molecular formula is C19H19N3O7. The molecule has 152 valence electrons. The van der Waals surface area contributed by atoms with Crippen molar-refractivity contribution in [2.45, 2.75) is 0 Å². The van der Waals surface area contributed by atoms with Gasteiger partial charge < -0.3 is 19.7 Å². The van der Waals surface area contributed by atoms with E-state index in [-0.39, 0.29) is 17.7 Å². The van der Waals surface area contributed by atoms with Crippen molar-refractivity contribution in [1.29, 1.82) is 0 Å². The van der Waals surface area contributed by atoms with Gasteiger partial charge >= 0.3 is 5.97 Å². The number of methoxy groups -OCH3 is 2. The van der Waals surface area contributed by atoms with E-state index in [0.717, 1.165) is 24.1 Å². The van der Waals surface area contributed by atoms with Gasteiger partial charge in [0.05, 0.1) is 31.3 Å². The molecule has 0 spiro atoms. The Hall–Kier alpha value is -3.95. The predicted octanol–water partition coefficient (Wildman–Crippen LogP) is 2.10. The van der Waals surface area contributed by atoms with E-state index >= 15 is 0 Å². The molecule has 10 nitrogen and oxygen atoms in total. The Morgan fingerprint density at radius 3 is 2.24 bits per heavy atom. The highest BCUT2D eigenvalue weighted by Crippen LogP contribution is 2.19. The van der Waals surface area contributed by atoms with Crippen LogP contribution in [-0.2, 0) is 9.53 Å². The topological polar surface area (TPSA) is 128 Å². The minimum atomic E-state index is -0.817. The highest BCUT2D eigenvalue weighted by atomic mass is 16.6. The van der Waals surface area contributed by atoms with Crippen molar-refractivity contribution >= 4 is 29.2 Å². The maximum absolute atomic E-state index is 12.6. The van der Waals surface area contributed by atoms with E-state index in [1.54, 1.807) is 24.3 Å². The van der Waals surface area contributed by atoms with Crippen LogP contribution in [0.3, 0.4) is 0 Å². The Kier molecular flexibility index (Phi) is 6.85. The SMILES string of the molecule is COC(=O)c1cc(C(=O)N(C)CC(=O)Nc2ccc(OC)cc2)cc([N+](=O)[O-])c1. The van der Waals surface area contributed by atoms with Gasteiger partial charge in [-0.25, -0.2) is 4.79 Å². The van der Waals surface area contributed by atoms with Crippen molar-refractivity contribution in [3.63, 3.8) is 0 Å². The molecule has 0 aliphatic heterocycles. The van der Waals surface area contributed by atoms with Gasteiger partial charge in [-0.15, -0.1) is 0 Å². The van der Waals surface area contributed by atoms with Crippen LogP contribution in [0.4, 0.5) is 11.4 Å². The van der Waals surface area contributed by atoms with Crippen LogP contribution in [0.15, 0.2) is 42.5 Å². The van der Waals surface area contributed by atoms with Gasteiger partial charge in [-0.05, 0) is 30.3 Å². The third-order valence-electron chi connectivity index (χ3n) is 3.90. The molecule has 0 aliphatic carbocycles. The first-order chi connectivity index (χ1) is 13.7. The molecule has 2 aromatic carbocycles. The zero-order chi connectivity index (χ0) is 21.6. The Balaban J connectivity index is 2.13. The fraction of sp³-hybridized carbons (Fsp3) is 0.211. The number of nitrogens with one attached hydrogen (secondary N) is 1. The second kappa shape index (κ2) is 9.31. The Morgan fingerprint density at radius 2 is 1.69 bits per heavy atom. The minimum Gasteiger partial charge on any atom is -0.497 e. The molecule has 2 amide bonds. The summed E-state index contributed by atoms with van der Waals surface area (Å²) in [6.45, 7) is -0.304. The fourth-order valence-electron chi connectivity index (χ4n) is 2.46. The quantitative estimate of drug-likeness (QED) is 0.427. The van der Waals surface area contributed by atoms with Crippen LogP contribution in [0.2, 0.25) is 0 Å². The zero-order valence-electron chi connectivity index (χ0n) is 16.0. The zero-order valence-corrected chi connectivity index (χ0v) is 16.0. The lowest BCUT2D eigenvalue weighted by molar-refractivity contribution is -0.384. The van der Waals surface area contributed by atoms with Crippen molar-refractivity contribution in [3.8, 4) is 5.75 Å². The molecule has 10 heteroatoms. The van der Waals surface area contributed by atoms with E-state index in [4.69, 9.17) is 4.74 Å². The predicted molar refractivity (Wildman–Crippen MR) is 103 cm³/mol. The van der Waals surface area contributed by atoms with Gasteiger partial charge in [0.1, 0.15) is 5.75 Å². The average molecular weight is 401 g/mol. The summed E-state index contributed by atoms with van der Waals surface area (Å²) in [5.74, 6) is -1.32. The van der Waals surface area contributed by atoms with E-state index in [1.165, 1.54) is 20.2 Å². The maximum atomic E-state index is 12.6. The number of nitro groups is 1. The van der Waals surface area contributed by atoms with Gasteiger partial charge in [-0.1, -0.05) is 0 Å². The number of amides is 2. The summed E-state index contributed by atoms with van der Waals surface area (Å²) in [5.41, 5.74) is -0.173. The number of non-ortho nitro benzene ring substituents is 1. The first kappa shape index (κ1) is 21.4. The minimum absolute atomic E-state index is 0.112. The van der Waals surface area contributed by atoms with Crippen LogP contribution in [0, 0.1) is 10.1 Å². The standard InChI is InChI=1S/C19H19N3O7/c1-21(11-17(23)20-14-4-6-16(28-2)7-5-14)18(24)12-8-13(19(25)29-3)10-15(9-12)22(26)27/h4-10H,11H2,1-3H3,(H,20,23). The van der Waals surface area contributed by atoms with Crippen molar-refractivity contribution in [3.05, 3.63) is 63.7 Å². The number of rotatable bonds is 7. The summed E-state index contributed by atoms with van der Waals surface area (Å²) in [4.78, 5) is 48.0. The summed E-state index contributed by atoms with van der Waals surface area (Å²) in [7, 11) is 4.01. The number of esters is 1. The van der Waals surface area contributed by atoms with Gasteiger partial charge in [-0.3, -0.25) is 19.7 Å². The number of carbonyl (C=O) groups excluding carboxylic acids is 3. The van der Waals surface area contributed by atoms with Crippen LogP contribution in [0.5, 0.6) is 5.75 Å². The lowest BCUT2D eigenvalue weighted by Crippen LogP contribution is -2.35. The first-order valence-electron chi connectivity index (χ1n) is 8.32. The summed E-state index contributed by atoms with van der Waals surface area (Å²) >= 11 is 0. The summed E-state index contributed by atoms with van der Waals surface area (Å²) in [6, 6.07) is 9.85. The lowest BCUT2D eigenvalue weighted by atomic mass is 10.1. The van der Waals surface area contributed by atoms with Crippen LogP contribution in [0.1, 0.15) is 20.7 Å². The molecule has 1 N–H and O–H groups in total. The van der Waals surface area contributed by atoms with E-state index in [1.807, 2.05) is 0 Å². The highest BCUT2D eigenvalue weighted by Gasteiger charge is 2.21. The molecule has 2 aromatic rings. The number of nitrogens with zero attached hydrogens (tertiary/aromatic N) is 2. The largest absolute Gasteiger partial charge is 0.497 e. The van der Waals surface area contributed by atoms with Crippen molar-refractivity contribution in [2.75, 3.05) is 33.1 Å². The molecule has 0 bridgehead atoms. The molecular weight excluding hydrogens is 382 g/mol. The number of carbonyl (C=O) groups is 3. The van der Waals surface area contributed by atoms with Gasteiger partial charge in [0, 0.05) is 30.4 Å². The molecule has 0 unspecified atom stereocenters. The van der Waals surface area contributed by atoms with Crippen LogP contribution >= 0.6 is 0 Å². The molecule has 0 atom stereocenters. The average Bonchev–Trinajstić information content (AvgIpc) is 2.72. The number of anilines is 1. The monoisotopic (exact) mass is 401 g/mol. The number of hydrogen-bond acceptors (Lipinski definition) is 7. The van der Waals surface area contributed by atoms with Crippen molar-refractivity contribution < 1.29 is 28.8 Å². The Morgan fingerprint density at radius 1 is 1.07 bits per heavy atom. The number of ether oxygens (including phenoxy) is 2. The number of likely N-dealkylation sites (N-methyl/N-ethyl adjacent to an activating group) is 1. The van der Waals surface area contributed by atoms with Gasteiger partial charge in [0.15, 0.2) is 0 Å².